The molecule has 0 aromatic heterocycles. The Hall–Kier alpha value is -2.59. The maximum absolute atomic E-state index is 12.4. The summed E-state index contributed by atoms with van der Waals surface area (Å²) in [5.74, 6) is 0.533. The lowest BCUT2D eigenvalue weighted by molar-refractivity contribution is -0.118. The Morgan fingerprint density at radius 1 is 0.962 bits per heavy atom. The minimum absolute atomic E-state index is 0.0367. The van der Waals surface area contributed by atoms with Crippen molar-refractivity contribution < 1.29 is 9.53 Å². The molecule has 132 valence electrons. The van der Waals surface area contributed by atoms with Gasteiger partial charge in [0, 0.05) is 15.7 Å². The number of hydrogen-bond donors (Lipinski definition) is 1. The number of halogens is 1. The van der Waals surface area contributed by atoms with Crippen LogP contribution in [-0.4, -0.2) is 12.5 Å². The second-order valence-electron chi connectivity index (χ2n) is 6.12. The highest BCUT2D eigenvalue weighted by Gasteiger charge is 2.10. The minimum atomic E-state index is -0.187. The lowest BCUT2D eigenvalue weighted by atomic mass is 10.0. The van der Waals surface area contributed by atoms with Crippen molar-refractivity contribution in [1.82, 2.24) is 0 Å². The first-order chi connectivity index (χ1) is 12.5. The molecule has 3 rings (SSSR count). The van der Waals surface area contributed by atoms with Gasteiger partial charge in [-0.05, 0) is 48.7 Å². The Balaban J connectivity index is 1.71. The highest BCUT2D eigenvalue weighted by molar-refractivity contribution is 9.10. The van der Waals surface area contributed by atoms with Crippen LogP contribution < -0.4 is 10.1 Å². The fourth-order valence-electron chi connectivity index (χ4n) is 2.70. The molecule has 0 atom stereocenters. The van der Waals surface area contributed by atoms with Gasteiger partial charge in [0.25, 0.3) is 5.91 Å². The predicted octanol–water partition coefficient (Wildman–Crippen LogP) is 5.75. The van der Waals surface area contributed by atoms with Crippen LogP contribution in [0.3, 0.4) is 0 Å². The monoisotopic (exact) mass is 409 g/mol. The van der Waals surface area contributed by atoms with Gasteiger partial charge >= 0.3 is 0 Å². The molecule has 3 aromatic carbocycles. The number of carbonyl (C=O) groups excluding carboxylic acids is 1. The van der Waals surface area contributed by atoms with Gasteiger partial charge in [0.15, 0.2) is 6.61 Å². The van der Waals surface area contributed by atoms with Crippen molar-refractivity contribution in [2.45, 2.75) is 13.8 Å². The van der Waals surface area contributed by atoms with E-state index in [1.807, 2.05) is 80.6 Å². The standard InChI is InChI=1S/C22H20BrNO2/c1-15-13-21(16(2)12-19(15)23)26-14-22(25)24-20-11-7-6-10-18(20)17-8-4-3-5-9-17/h3-13H,14H2,1-2H3,(H,24,25). The van der Waals surface area contributed by atoms with E-state index in [0.717, 1.165) is 38.2 Å². The second kappa shape index (κ2) is 8.19. The molecule has 0 heterocycles. The molecule has 0 fully saturated rings. The third-order valence-corrected chi connectivity index (χ3v) is 4.96. The predicted molar refractivity (Wildman–Crippen MR) is 110 cm³/mol. The number of benzene rings is 3. The van der Waals surface area contributed by atoms with E-state index in [2.05, 4.69) is 21.2 Å². The van der Waals surface area contributed by atoms with E-state index in [4.69, 9.17) is 4.74 Å². The number of ether oxygens (including phenoxy) is 1. The summed E-state index contributed by atoms with van der Waals surface area (Å²) >= 11 is 3.50. The van der Waals surface area contributed by atoms with Gasteiger partial charge in [-0.15, -0.1) is 0 Å². The quantitative estimate of drug-likeness (QED) is 0.582. The zero-order valence-corrected chi connectivity index (χ0v) is 16.3. The SMILES string of the molecule is Cc1cc(OCC(=O)Nc2ccccc2-c2ccccc2)c(C)cc1Br. The summed E-state index contributed by atoms with van der Waals surface area (Å²) in [5, 5.41) is 2.95. The summed E-state index contributed by atoms with van der Waals surface area (Å²) < 4.78 is 6.75. The molecule has 0 radical (unpaired) electrons. The van der Waals surface area contributed by atoms with Crippen molar-refractivity contribution in [2.75, 3.05) is 11.9 Å². The smallest absolute Gasteiger partial charge is 0.262 e. The molecule has 0 bridgehead atoms. The maximum Gasteiger partial charge on any atom is 0.262 e. The summed E-state index contributed by atoms with van der Waals surface area (Å²) in [6.07, 6.45) is 0. The van der Waals surface area contributed by atoms with Crippen LogP contribution in [0.25, 0.3) is 11.1 Å². The van der Waals surface area contributed by atoms with Gasteiger partial charge in [-0.3, -0.25) is 4.79 Å². The summed E-state index contributed by atoms with van der Waals surface area (Å²) in [5.41, 5.74) is 4.87. The fourth-order valence-corrected chi connectivity index (χ4v) is 3.16. The topological polar surface area (TPSA) is 38.3 Å². The van der Waals surface area contributed by atoms with E-state index in [-0.39, 0.29) is 12.5 Å². The Morgan fingerprint density at radius 3 is 2.42 bits per heavy atom. The molecule has 1 N–H and O–H groups in total. The molecule has 0 saturated heterocycles. The lowest BCUT2D eigenvalue weighted by Crippen LogP contribution is -2.20. The van der Waals surface area contributed by atoms with Crippen molar-refractivity contribution >= 4 is 27.5 Å². The van der Waals surface area contributed by atoms with Gasteiger partial charge in [-0.1, -0.05) is 64.5 Å². The number of anilines is 1. The molecule has 0 saturated carbocycles. The van der Waals surface area contributed by atoms with Crippen molar-refractivity contribution in [3.05, 3.63) is 82.3 Å². The van der Waals surface area contributed by atoms with Crippen molar-refractivity contribution in [3.63, 3.8) is 0 Å². The summed E-state index contributed by atoms with van der Waals surface area (Å²) in [6, 6.07) is 21.7. The lowest BCUT2D eigenvalue weighted by Gasteiger charge is -2.13. The zero-order valence-electron chi connectivity index (χ0n) is 14.8. The van der Waals surface area contributed by atoms with Gasteiger partial charge in [-0.25, -0.2) is 0 Å². The molecule has 0 aliphatic carbocycles. The normalized spacial score (nSPS) is 10.4. The molecule has 0 aliphatic rings. The number of aryl methyl sites for hydroxylation is 2. The average Bonchev–Trinajstić information content (AvgIpc) is 2.65. The van der Waals surface area contributed by atoms with Gasteiger partial charge in [0.1, 0.15) is 5.75 Å². The molecule has 26 heavy (non-hydrogen) atoms. The molecular formula is C22H20BrNO2. The molecule has 0 unspecified atom stereocenters. The minimum Gasteiger partial charge on any atom is -0.483 e. The molecule has 3 aromatic rings. The van der Waals surface area contributed by atoms with Crippen molar-refractivity contribution in [1.29, 1.82) is 0 Å². The number of para-hydroxylation sites is 1. The number of rotatable bonds is 5. The van der Waals surface area contributed by atoms with Crippen LogP contribution >= 0.6 is 15.9 Å². The van der Waals surface area contributed by atoms with Crippen LogP contribution in [0.4, 0.5) is 5.69 Å². The molecule has 0 spiro atoms. The van der Waals surface area contributed by atoms with Gasteiger partial charge in [0.2, 0.25) is 0 Å². The van der Waals surface area contributed by atoms with Gasteiger partial charge in [-0.2, -0.15) is 0 Å². The van der Waals surface area contributed by atoms with Crippen LogP contribution in [0.15, 0.2) is 71.2 Å². The third-order valence-electron chi connectivity index (χ3n) is 4.10. The van der Waals surface area contributed by atoms with E-state index >= 15 is 0 Å². The average molecular weight is 410 g/mol. The first-order valence-electron chi connectivity index (χ1n) is 8.38. The van der Waals surface area contributed by atoms with E-state index in [0.29, 0.717) is 0 Å². The number of hydrogen-bond acceptors (Lipinski definition) is 2. The first-order valence-corrected chi connectivity index (χ1v) is 9.18. The van der Waals surface area contributed by atoms with Crippen LogP contribution in [0, 0.1) is 13.8 Å². The largest absolute Gasteiger partial charge is 0.483 e. The number of amides is 1. The van der Waals surface area contributed by atoms with Gasteiger partial charge in [0.05, 0.1) is 0 Å². The molecule has 1 amide bonds. The van der Waals surface area contributed by atoms with E-state index in [1.54, 1.807) is 0 Å². The highest BCUT2D eigenvalue weighted by Crippen LogP contribution is 2.28. The van der Waals surface area contributed by atoms with Crippen LogP contribution in [0.2, 0.25) is 0 Å². The number of nitrogens with one attached hydrogen (secondary N) is 1. The van der Waals surface area contributed by atoms with Crippen molar-refractivity contribution in [2.24, 2.45) is 0 Å². The Kier molecular flexibility index (Phi) is 5.74. The van der Waals surface area contributed by atoms with E-state index in [9.17, 15) is 4.79 Å². The molecular weight excluding hydrogens is 390 g/mol. The Bertz CT molecular complexity index is 923. The molecule has 4 heteroatoms. The zero-order chi connectivity index (χ0) is 18.5. The highest BCUT2D eigenvalue weighted by atomic mass is 79.9. The van der Waals surface area contributed by atoms with Crippen LogP contribution in [-0.2, 0) is 4.79 Å². The van der Waals surface area contributed by atoms with Gasteiger partial charge < -0.3 is 10.1 Å². The third kappa shape index (κ3) is 4.33. The second-order valence-corrected chi connectivity index (χ2v) is 6.97. The summed E-state index contributed by atoms with van der Waals surface area (Å²) in [4.78, 5) is 12.4. The Morgan fingerprint density at radius 2 is 1.65 bits per heavy atom. The number of carbonyl (C=O) groups is 1. The van der Waals surface area contributed by atoms with Crippen molar-refractivity contribution in [3.8, 4) is 16.9 Å². The van der Waals surface area contributed by atoms with Crippen LogP contribution in [0.1, 0.15) is 11.1 Å². The molecule has 3 nitrogen and oxygen atoms in total. The maximum atomic E-state index is 12.4. The van der Waals surface area contributed by atoms with E-state index in [1.165, 1.54) is 0 Å². The summed E-state index contributed by atoms with van der Waals surface area (Å²) in [6.45, 7) is 3.92. The first kappa shape index (κ1) is 18.2. The summed E-state index contributed by atoms with van der Waals surface area (Å²) in [7, 11) is 0. The van der Waals surface area contributed by atoms with Crippen LogP contribution in [0.5, 0.6) is 5.75 Å². The Labute approximate surface area is 162 Å². The molecule has 0 aliphatic heterocycles. The fraction of sp³-hybridized carbons (Fsp3) is 0.136. The van der Waals surface area contributed by atoms with E-state index < -0.39 is 0 Å².